The average Bonchev–Trinajstić information content (AvgIpc) is 2.77. The quantitative estimate of drug-likeness (QED) is 0.741. The SMILES string of the molecule is CCC1(CNC2CCCCC2)CCCC1. The predicted octanol–water partition coefficient (Wildman–Crippen LogP) is 3.88. The summed E-state index contributed by atoms with van der Waals surface area (Å²) >= 11 is 0. The zero-order valence-corrected chi connectivity index (χ0v) is 10.4. The van der Waals surface area contributed by atoms with Crippen molar-refractivity contribution in [3.05, 3.63) is 0 Å². The van der Waals surface area contributed by atoms with Crippen molar-refractivity contribution in [2.75, 3.05) is 6.54 Å². The fourth-order valence-corrected chi connectivity index (χ4v) is 3.45. The molecule has 2 saturated carbocycles. The van der Waals surface area contributed by atoms with Crippen LogP contribution < -0.4 is 5.32 Å². The monoisotopic (exact) mass is 209 g/mol. The van der Waals surface area contributed by atoms with Crippen LogP contribution in [-0.2, 0) is 0 Å². The summed E-state index contributed by atoms with van der Waals surface area (Å²) in [7, 11) is 0. The number of hydrogen-bond donors (Lipinski definition) is 1. The van der Waals surface area contributed by atoms with Crippen LogP contribution in [0.25, 0.3) is 0 Å². The van der Waals surface area contributed by atoms with Gasteiger partial charge in [-0.1, -0.05) is 39.0 Å². The lowest BCUT2D eigenvalue weighted by molar-refractivity contribution is 0.240. The fraction of sp³-hybridized carbons (Fsp3) is 1.00. The highest BCUT2D eigenvalue weighted by atomic mass is 14.9. The average molecular weight is 209 g/mol. The Bertz CT molecular complexity index is 176. The van der Waals surface area contributed by atoms with Crippen molar-refractivity contribution in [3.8, 4) is 0 Å². The van der Waals surface area contributed by atoms with Crippen LogP contribution in [-0.4, -0.2) is 12.6 Å². The first-order valence-corrected chi connectivity index (χ1v) is 7.08. The molecule has 2 aliphatic rings. The molecule has 0 radical (unpaired) electrons. The summed E-state index contributed by atoms with van der Waals surface area (Å²) in [6.07, 6.45) is 14.5. The minimum absolute atomic E-state index is 0.678. The van der Waals surface area contributed by atoms with Gasteiger partial charge in [-0.25, -0.2) is 0 Å². The van der Waals surface area contributed by atoms with E-state index in [2.05, 4.69) is 12.2 Å². The van der Waals surface area contributed by atoms with Gasteiger partial charge in [0.05, 0.1) is 0 Å². The van der Waals surface area contributed by atoms with E-state index in [4.69, 9.17) is 0 Å². The Labute approximate surface area is 95.0 Å². The van der Waals surface area contributed by atoms with Gasteiger partial charge in [-0.15, -0.1) is 0 Å². The Morgan fingerprint density at radius 2 is 1.67 bits per heavy atom. The molecule has 0 aromatic heterocycles. The Morgan fingerprint density at radius 1 is 1.00 bits per heavy atom. The predicted molar refractivity (Wildman–Crippen MR) is 66.1 cm³/mol. The molecule has 0 bridgehead atoms. The van der Waals surface area contributed by atoms with Crippen molar-refractivity contribution in [2.24, 2.45) is 5.41 Å². The first-order chi connectivity index (χ1) is 7.35. The Kier molecular flexibility index (Phi) is 4.07. The highest BCUT2D eigenvalue weighted by molar-refractivity contribution is 4.87. The summed E-state index contributed by atoms with van der Waals surface area (Å²) < 4.78 is 0. The highest BCUT2D eigenvalue weighted by Gasteiger charge is 2.32. The van der Waals surface area contributed by atoms with E-state index < -0.39 is 0 Å². The Hall–Kier alpha value is -0.0400. The van der Waals surface area contributed by atoms with Crippen molar-refractivity contribution < 1.29 is 0 Å². The summed E-state index contributed by atoms with van der Waals surface area (Å²) in [6.45, 7) is 3.68. The van der Waals surface area contributed by atoms with Crippen LogP contribution in [0.4, 0.5) is 0 Å². The van der Waals surface area contributed by atoms with Crippen LogP contribution >= 0.6 is 0 Å². The molecule has 0 amide bonds. The van der Waals surface area contributed by atoms with Crippen molar-refractivity contribution in [3.63, 3.8) is 0 Å². The van der Waals surface area contributed by atoms with Crippen LogP contribution in [0.1, 0.15) is 71.1 Å². The second-order valence-electron chi connectivity index (χ2n) is 5.78. The van der Waals surface area contributed by atoms with Crippen LogP contribution in [0.3, 0.4) is 0 Å². The molecule has 0 atom stereocenters. The summed E-state index contributed by atoms with van der Waals surface area (Å²) in [6, 6.07) is 0.850. The minimum atomic E-state index is 0.678. The summed E-state index contributed by atoms with van der Waals surface area (Å²) in [5.41, 5.74) is 0.678. The second-order valence-corrected chi connectivity index (χ2v) is 5.78. The largest absolute Gasteiger partial charge is 0.313 e. The molecular formula is C14H27N. The van der Waals surface area contributed by atoms with E-state index in [1.54, 1.807) is 0 Å². The minimum Gasteiger partial charge on any atom is -0.313 e. The highest BCUT2D eigenvalue weighted by Crippen LogP contribution is 2.40. The van der Waals surface area contributed by atoms with Crippen molar-refractivity contribution in [1.82, 2.24) is 5.32 Å². The third-order valence-corrected chi connectivity index (χ3v) is 4.79. The normalized spacial score (nSPS) is 27.0. The molecule has 1 nitrogen and oxygen atoms in total. The van der Waals surface area contributed by atoms with Crippen molar-refractivity contribution in [2.45, 2.75) is 77.2 Å². The summed E-state index contributed by atoms with van der Waals surface area (Å²) in [5, 5.41) is 3.86. The maximum absolute atomic E-state index is 3.86. The molecule has 0 heterocycles. The molecule has 0 aromatic rings. The maximum Gasteiger partial charge on any atom is 0.00672 e. The Morgan fingerprint density at radius 3 is 2.27 bits per heavy atom. The van der Waals surface area contributed by atoms with Gasteiger partial charge in [-0.3, -0.25) is 0 Å². The molecule has 2 fully saturated rings. The number of hydrogen-bond acceptors (Lipinski definition) is 1. The smallest absolute Gasteiger partial charge is 0.00672 e. The van der Waals surface area contributed by atoms with Crippen molar-refractivity contribution >= 4 is 0 Å². The van der Waals surface area contributed by atoms with Gasteiger partial charge in [-0.2, -0.15) is 0 Å². The molecule has 1 N–H and O–H groups in total. The van der Waals surface area contributed by atoms with Gasteiger partial charge in [0.15, 0.2) is 0 Å². The molecule has 0 aliphatic heterocycles. The van der Waals surface area contributed by atoms with Crippen LogP contribution in [0.5, 0.6) is 0 Å². The van der Waals surface area contributed by atoms with E-state index in [9.17, 15) is 0 Å². The van der Waals surface area contributed by atoms with Crippen LogP contribution in [0.15, 0.2) is 0 Å². The zero-order valence-electron chi connectivity index (χ0n) is 10.4. The van der Waals surface area contributed by atoms with Gasteiger partial charge in [0.25, 0.3) is 0 Å². The van der Waals surface area contributed by atoms with Gasteiger partial charge < -0.3 is 5.32 Å². The third-order valence-electron chi connectivity index (χ3n) is 4.79. The molecule has 0 aromatic carbocycles. The summed E-state index contributed by atoms with van der Waals surface area (Å²) in [5.74, 6) is 0. The Balaban J connectivity index is 1.75. The van der Waals surface area contributed by atoms with Gasteiger partial charge in [0.2, 0.25) is 0 Å². The lowest BCUT2D eigenvalue weighted by atomic mass is 9.82. The maximum atomic E-state index is 3.86. The van der Waals surface area contributed by atoms with Crippen LogP contribution in [0, 0.1) is 5.41 Å². The molecule has 1 heteroatoms. The number of nitrogens with one attached hydrogen (secondary N) is 1. The van der Waals surface area contributed by atoms with Gasteiger partial charge in [0.1, 0.15) is 0 Å². The van der Waals surface area contributed by atoms with Crippen molar-refractivity contribution in [1.29, 1.82) is 0 Å². The second kappa shape index (κ2) is 5.34. The fourth-order valence-electron chi connectivity index (χ4n) is 3.45. The molecule has 0 spiro atoms. The standard InChI is InChI=1S/C14H27N/c1-2-14(10-6-7-11-14)12-15-13-8-4-3-5-9-13/h13,15H,2-12H2,1H3. The molecule has 2 aliphatic carbocycles. The molecule has 0 saturated heterocycles. The van der Waals surface area contributed by atoms with Gasteiger partial charge in [-0.05, 0) is 37.5 Å². The molecule has 0 unspecified atom stereocenters. The first kappa shape index (κ1) is 11.4. The van der Waals surface area contributed by atoms with Crippen LogP contribution in [0.2, 0.25) is 0 Å². The summed E-state index contributed by atoms with van der Waals surface area (Å²) in [4.78, 5) is 0. The molecule has 15 heavy (non-hydrogen) atoms. The molecule has 2 rings (SSSR count). The van der Waals surface area contributed by atoms with E-state index in [-0.39, 0.29) is 0 Å². The van der Waals surface area contributed by atoms with E-state index in [0.29, 0.717) is 5.41 Å². The van der Waals surface area contributed by atoms with E-state index in [1.165, 1.54) is 70.8 Å². The topological polar surface area (TPSA) is 12.0 Å². The lowest BCUT2D eigenvalue weighted by Gasteiger charge is -2.32. The van der Waals surface area contributed by atoms with E-state index >= 15 is 0 Å². The van der Waals surface area contributed by atoms with E-state index in [1.807, 2.05) is 0 Å². The number of rotatable bonds is 4. The van der Waals surface area contributed by atoms with E-state index in [0.717, 1.165) is 6.04 Å². The zero-order chi connectivity index (χ0) is 10.6. The molecular weight excluding hydrogens is 182 g/mol. The third kappa shape index (κ3) is 2.96. The van der Waals surface area contributed by atoms with Gasteiger partial charge >= 0.3 is 0 Å². The lowest BCUT2D eigenvalue weighted by Crippen LogP contribution is -2.39. The van der Waals surface area contributed by atoms with Gasteiger partial charge in [0, 0.05) is 12.6 Å². The first-order valence-electron chi connectivity index (χ1n) is 7.08. The molecule has 88 valence electrons.